The van der Waals surface area contributed by atoms with Gasteiger partial charge in [-0.25, -0.2) is 4.79 Å². The Morgan fingerprint density at radius 3 is 2.54 bits per heavy atom. The number of piperidine rings is 1. The van der Waals surface area contributed by atoms with Gasteiger partial charge in [0.15, 0.2) is 0 Å². The van der Waals surface area contributed by atoms with Crippen molar-refractivity contribution in [3.05, 3.63) is 100 Å². The van der Waals surface area contributed by atoms with E-state index >= 15 is 0 Å². The van der Waals surface area contributed by atoms with Crippen molar-refractivity contribution >= 4 is 29.3 Å². The molecule has 6 rings (SSSR count). The van der Waals surface area contributed by atoms with Crippen molar-refractivity contribution in [3.8, 4) is 28.8 Å². The Kier molecular flexibility index (Phi) is 9.83. The van der Waals surface area contributed by atoms with Crippen molar-refractivity contribution in [3.63, 3.8) is 0 Å². The molecule has 0 radical (unpaired) electrons. The highest BCUT2D eigenvalue weighted by molar-refractivity contribution is 6.30. The Labute approximate surface area is 297 Å². The van der Waals surface area contributed by atoms with Gasteiger partial charge < -0.3 is 30.5 Å². The summed E-state index contributed by atoms with van der Waals surface area (Å²) in [5, 5.41) is 35.6. The molecule has 1 saturated heterocycles. The van der Waals surface area contributed by atoms with E-state index in [1.54, 1.807) is 50.1 Å². The molecule has 2 aliphatic rings. The molecule has 1 saturated carbocycles. The number of aromatic amines is 1. The van der Waals surface area contributed by atoms with E-state index in [0.29, 0.717) is 46.9 Å². The Morgan fingerprint density at radius 1 is 1.08 bits per heavy atom. The SMILES string of the molecule is Cc1ccc(O)c(-c2[nH]ncc2C#Cc2ccc(NC(O)C3CCCCN3C(=O)C3(NC(=O)OC(C)(C)C)C[C@H]3c3ccc(Cl)cc3)cc2)c1. The van der Waals surface area contributed by atoms with E-state index in [1.165, 1.54) is 0 Å². The number of halogens is 1. The van der Waals surface area contributed by atoms with Crippen LogP contribution in [0.15, 0.2) is 72.9 Å². The fourth-order valence-electron chi connectivity index (χ4n) is 6.56. The number of nitrogens with one attached hydrogen (secondary N) is 3. The van der Waals surface area contributed by atoms with Crippen molar-refractivity contribution in [1.29, 1.82) is 0 Å². The number of nitrogens with zero attached hydrogens (tertiary/aromatic N) is 2. The number of hydrogen-bond donors (Lipinski definition) is 5. The number of ether oxygens (including phenoxy) is 1. The number of anilines is 1. The van der Waals surface area contributed by atoms with Crippen LogP contribution in [-0.2, 0) is 9.53 Å². The third-order valence-electron chi connectivity index (χ3n) is 9.12. The molecule has 2 heterocycles. The molecule has 5 N–H and O–H groups in total. The molecule has 4 atom stereocenters. The van der Waals surface area contributed by atoms with Crippen LogP contribution in [0, 0.1) is 18.8 Å². The number of aliphatic hydroxyl groups excluding tert-OH is 1. The molecule has 3 unspecified atom stereocenters. The standard InChI is InChI=1S/C39H42ClN5O5/c1-24-8-19-33(46)30(21-24)34-27(23-41-44-34)12-9-25-10-17-29(18-11-25)42-35(47)32-7-5-6-20-45(32)36(48)39(43-37(49)50-38(2,3)4)22-31(39)26-13-15-28(40)16-14-26/h8,10-11,13-19,21,23,31-32,35,42,46-47H,5-7,20,22H2,1-4H3,(H,41,44)(H,43,49)/t31-,32?,35?,39?/m0/s1. The molecule has 0 bridgehead atoms. The zero-order valence-electron chi connectivity index (χ0n) is 28.6. The van der Waals surface area contributed by atoms with Gasteiger partial charge in [-0.05, 0) is 107 Å². The van der Waals surface area contributed by atoms with Crippen LogP contribution >= 0.6 is 11.6 Å². The first-order valence-corrected chi connectivity index (χ1v) is 17.2. The summed E-state index contributed by atoms with van der Waals surface area (Å²) in [6.45, 7) is 7.74. The lowest BCUT2D eigenvalue weighted by atomic mass is 9.97. The van der Waals surface area contributed by atoms with E-state index in [1.807, 2.05) is 55.5 Å². The summed E-state index contributed by atoms with van der Waals surface area (Å²) in [7, 11) is 0. The molecular formula is C39H42ClN5O5. The first-order chi connectivity index (χ1) is 23.8. The second kappa shape index (κ2) is 14.1. The quantitative estimate of drug-likeness (QED) is 0.107. The van der Waals surface area contributed by atoms with Gasteiger partial charge in [0.25, 0.3) is 0 Å². The molecule has 11 heteroatoms. The molecule has 4 aromatic rings. The van der Waals surface area contributed by atoms with Crippen molar-refractivity contribution in [2.75, 3.05) is 11.9 Å². The van der Waals surface area contributed by atoms with E-state index in [9.17, 15) is 19.8 Å². The average Bonchev–Trinajstić information content (AvgIpc) is 3.60. The zero-order valence-corrected chi connectivity index (χ0v) is 29.3. The predicted molar refractivity (Wildman–Crippen MR) is 193 cm³/mol. The van der Waals surface area contributed by atoms with Crippen molar-refractivity contribution in [1.82, 2.24) is 20.4 Å². The third-order valence-corrected chi connectivity index (χ3v) is 9.37. The number of hydrogen-bond acceptors (Lipinski definition) is 7. The summed E-state index contributed by atoms with van der Waals surface area (Å²) in [6, 6.07) is 19.5. The van der Waals surface area contributed by atoms with Crippen molar-refractivity contribution < 1.29 is 24.5 Å². The summed E-state index contributed by atoms with van der Waals surface area (Å²) in [6.07, 6.45) is 2.56. The summed E-state index contributed by atoms with van der Waals surface area (Å²) in [5.41, 5.74) is 3.30. The number of H-pyrrole nitrogens is 1. The maximum atomic E-state index is 14.4. The van der Waals surface area contributed by atoms with E-state index in [-0.39, 0.29) is 17.6 Å². The molecule has 2 amide bonds. The normalized spacial score (nSPS) is 20.6. The number of amides is 2. The van der Waals surface area contributed by atoms with E-state index in [0.717, 1.165) is 29.5 Å². The number of rotatable bonds is 7. The molecule has 50 heavy (non-hydrogen) atoms. The largest absolute Gasteiger partial charge is 0.507 e. The number of benzene rings is 3. The second-order valence-electron chi connectivity index (χ2n) is 14.1. The van der Waals surface area contributed by atoms with Crippen LogP contribution in [0.1, 0.15) is 74.6 Å². The molecule has 3 aromatic carbocycles. The molecule has 1 aliphatic carbocycles. The first-order valence-electron chi connectivity index (χ1n) is 16.8. The number of aliphatic hydroxyl groups is 1. The summed E-state index contributed by atoms with van der Waals surface area (Å²) < 4.78 is 5.56. The summed E-state index contributed by atoms with van der Waals surface area (Å²) >= 11 is 6.13. The van der Waals surface area contributed by atoms with Gasteiger partial charge in [-0.3, -0.25) is 9.89 Å². The lowest BCUT2D eigenvalue weighted by Gasteiger charge is -2.41. The van der Waals surface area contributed by atoms with Crippen LogP contribution < -0.4 is 10.6 Å². The number of aryl methyl sites for hydroxylation is 1. The molecule has 260 valence electrons. The van der Waals surface area contributed by atoms with Gasteiger partial charge in [0.2, 0.25) is 5.91 Å². The van der Waals surface area contributed by atoms with E-state index in [4.69, 9.17) is 16.3 Å². The number of phenolic OH excluding ortho intramolecular Hbond substituents is 1. The van der Waals surface area contributed by atoms with Crippen LogP contribution in [0.25, 0.3) is 11.3 Å². The minimum atomic E-state index is -1.20. The van der Waals surface area contributed by atoms with Gasteiger partial charge >= 0.3 is 6.09 Å². The molecule has 1 aliphatic heterocycles. The van der Waals surface area contributed by atoms with Gasteiger partial charge in [0.05, 0.1) is 23.5 Å². The highest BCUT2D eigenvalue weighted by atomic mass is 35.5. The number of aromatic hydroxyl groups is 1. The Balaban J connectivity index is 1.16. The van der Waals surface area contributed by atoms with Gasteiger partial charge in [-0.15, -0.1) is 0 Å². The number of carbonyl (C=O) groups excluding carboxylic acids is 2. The molecule has 0 spiro atoms. The van der Waals surface area contributed by atoms with Gasteiger partial charge in [0, 0.05) is 34.3 Å². The Bertz CT molecular complexity index is 1930. The van der Waals surface area contributed by atoms with Gasteiger partial charge in [-0.2, -0.15) is 5.10 Å². The smallest absolute Gasteiger partial charge is 0.408 e. The third kappa shape index (κ3) is 7.75. The van der Waals surface area contributed by atoms with Crippen LogP contribution in [0.4, 0.5) is 10.5 Å². The number of phenols is 1. The number of alkyl carbamates (subject to hydrolysis) is 1. The highest BCUT2D eigenvalue weighted by Crippen LogP contribution is 2.53. The van der Waals surface area contributed by atoms with Crippen LogP contribution in [0.2, 0.25) is 5.02 Å². The van der Waals surface area contributed by atoms with Crippen LogP contribution in [-0.4, -0.2) is 67.3 Å². The molecular weight excluding hydrogens is 654 g/mol. The number of likely N-dealkylation sites (tertiary alicyclic amines) is 1. The predicted octanol–water partition coefficient (Wildman–Crippen LogP) is 6.71. The van der Waals surface area contributed by atoms with Gasteiger partial charge in [0.1, 0.15) is 23.1 Å². The number of carbonyl (C=O) groups is 2. The molecule has 2 fully saturated rings. The van der Waals surface area contributed by atoms with Crippen LogP contribution in [0.3, 0.4) is 0 Å². The van der Waals surface area contributed by atoms with Crippen LogP contribution in [0.5, 0.6) is 5.75 Å². The zero-order chi connectivity index (χ0) is 35.6. The lowest BCUT2D eigenvalue weighted by molar-refractivity contribution is -0.141. The summed E-state index contributed by atoms with van der Waals surface area (Å²) in [4.78, 5) is 29.2. The minimum Gasteiger partial charge on any atom is -0.507 e. The average molecular weight is 696 g/mol. The fraction of sp³-hybridized carbons (Fsp3) is 0.359. The van der Waals surface area contributed by atoms with Gasteiger partial charge in [-0.1, -0.05) is 47.2 Å². The Morgan fingerprint density at radius 2 is 1.82 bits per heavy atom. The van der Waals surface area contributed by atoms with E-state index < -0.39 is 29.5 Å². The number of aromatic nitrogens is 2. The summed E-state index contributed by atoms with van der Waals surface area (Å²) in [5.74, 6) is 5.92. The maximum absolute atomic E-state index is 14.4. The second-order valence-corrected chi connectivity index (χ2v) is 14.5. The molecule has 10 nitrogen and oxygen atoms in total. The maximum Gasteiger partial charge on any atom is 0.408 e. The molecule has 1 aromatic heterocycles. The van der Waals surface area contributed by atoms with Crippen molar-refractivity contribution in [2.24, 2.45) is 0 Å². The topological polar surface area (TPSA) is 140 Å². The first kappa shape index (κ1) is 34.9. The van der Waals surface area contributed by atoms with E-state index in [2.05, 4.69) is 32.7 Å². The monoisotopic (exact) mass is 695 g/mol. The lowest BCUT2D eigenvalue weighted by Crippen LogP contribution is -2.59. The fourth-order valence-corrected chi connectivity index (χ4v) is 6.69. The van der Waals surface area contributed by atoms with Crippen molar-refractivity contribution in [2.45, 2.75) is 82.7 Å². The minimum absolute atomic E-state index is 0.142. The Hall–Kier alpha value is -4.98. The highest BCUT2D eigenvalue weighted by Gasteiger charge is 2.64.